The van der Waals surface area contributed by atoms with Crippen LogP contribution < -0.4 is 5.32 Å². The molecule has 1 aromatic carbocycles. The molecule has 5 nitrogen and oxygen atoms in total. The highest BCUT2D eigenvalue weighted by Crippen LogP contribution is 2.21. The number of benzene rings is 1. The van der Waals surface area contributed by atoms with Crippen molar-refractivity contribution in [2.45, 2.75) is 46.0 Å². The number of amides is 1. The van der Waals surface area contributed by atoms with E-state index in [1.165, 1.54) is 0 Å². The summed E-state index contributed by atoms with van der Waals surface area (Å²) >= 11 is 3.40. The minimum absolute atomic E-state index is 0.0725. The van der Waals surface area contributed by atoms with Gasteiger partial charge < -0.3 is 9.84 Å². The van der Waals surface area contributed by atoms with Gasteiger partial charge in [-0.3, -0.25) is 4.79 Å². The number of carbonyl (C=O) groups excluding carboxylic acids is 1. The van der Waals surface area contributed by atoms with E-state index < -0.39 is 0 Å². The first-order valence-corrected chi connectivity index (χ1v) is 7.94. The van der Waals surface area contributed by atoms with Crippen LogP contribution in [0.1, 0.15) is 44.5 Å². The van der Waals surface area contributed by atoms with Gasteiger partial charge in [0.15, 0.2) is 5.82 Å². The lowest BCUT2D eigenvalue weighted by Gasteiger charge is -2.10. The van der Waals surface area contributed by atoms with Crippen molar-refractivity contribution in [1.82, 2.24) is 10.1 Å². The van der Waals surface area contributed by atoms with Gasteiger partial charge in [-0.2, -0.15) is 4.98 Å². The highest BCUT2D eigenvalue weighted by molar-refractivity contribution is 9.10. The summed E-state index contributed by atoms with van der Waals surface area (Å²) in [4.78, 5) is 16.4. The predicted octanol–water partition coefficient (Wildman–Crippen LogP) is 4.01. The van der Waals surface area contributed by atoms with Crippen LogP contribution in [0.3, 0.4) is 0 Å². The van der Waals surface area contributed by atoms with Crippen molar-refractivity contribution in [1.29, 1.82) is 0 Å². The smallest absolute Gasteiger partial charge is 0.227 e. The number of halogens is 1. The van der Waals surface area contributed by atoms with Gasteiger partial charge in [-0.15, -0.1) is 0 Å². The molecular formula is C16H20BrN3O2. The molecule has 1 heterocycles. The van der Waals surface area contributed by atoms with E-state index in [4.69, 9.17) is 4.52 Å². The number of aromatic nitrogens is 2. The summed E-state index contributed by atoms with van der Waals surface area (Å²) in [7, 11) is 0. The molecule has 0 aliphatic rings. The molecule has 0 unspecified atom stereocenters. The number of aryl methyl sites for hydroxylation is 2. The van der Waals surface area contributed by atoms with Gasteiger partial charge in [-0.1, -0.05) is 47.9 Å². The van der Waals surface area contributed by atoms with Crippen LogP contribution in [0.2, 0.25) is 0 Å². The zero-order valence-corrected chi connectivity index (χ0v) is 14.8. The number of nitrogens with zero attached hydrogens (tertiary/aromatic N) is 2. The standard InChI is InChI=1S/C16H20BrN3O2/c1-10-5-6-11(17)9-12(10)18-13(21)7-8-14-19-15(20-22-14)16(2,3)4/h5-6,9H,7-8H2,1-4H3,(H,18,21). The lowest BCUT2D eigenvalue weighted by Crippen LogP contribution is -2.14. The number of hydrogen-bond acceptors (Lipinski definition) is 4. The van der Waals surface area contributed by atoms with E-state index in [1.54, 1.807) is 0 Å². The highest BCUT2D eigenvalue weighted by Gasteiger charge is 2.21. The minimum atomic E-state index is -0.155. The molecule has 0 aliphatic carbocycles. The molecule has 0 fully saturated rings. The van der Waals surface area contributed by atoms with Gasteiger partial charge in [0.2, 0.25) is 11.8 Å². The van der Waals surface area contributed by atoms with Crippen molar-refractivity contribution in [3.63, 3.8) is 0 Å². The van der Waals surface area contributed by atoms with Gasteiger partial charge in [0.1, 0.15) is 0 Å². The average molecular weight is 366 g/mol. The average Bonchev–Trinajstić information content (AvgIpc) is 2.89. The monoisotopic (exact) mass is 365 g/mol. The molecule has 0 spiro atoms. The maximum absolute atomic E-state index is 12.0. The number of anilines is 1. The van der Waals surface area contributed by atoms with E-state index in [2.05, 4.69) is 31.4 Å². The second kappa shape index (κ2) is 6.60. The third-order valence-corrected chi connectivity index (χ3v) is 3.67. The maximum Gasteiger partial charge on any atom is 0.227 e. The fourth-order valence-electron chi connectivity index (χ4n) is 1.82. The Morgan fingerprint density at radius 3 is 2.73 bits per heavy atom. The van der Waals surface area contributed by atoms with Crippen molar-refractivity contribution in [3.05, 3.63) is 40.0 Å². The zero-order chi connectivity index (χ0) is 16.3. The molecule has 22 heavy (non-hydrogen) atoms. The van der Waals surface area contributed by atoms with Crippen LogP contribution >= 0.6 is 15.9 Å². The van der Waals surface area contributed by atoms with E-state index in [0.717, 1.165) is 15.7 Å². The van der Waals surface area contributed by atoms with E-state index in [0.29, 0.717) is 24.6 Å². The summed E-state index contributed by atoms with van der Waals surface area (Å²) < 4.78 is 6.12. The third-order valence-electron chi connectivity index (χ3n) is 3.18. The Morgan fingerprint density at radius 1 is 1.36 bits per heavy atom. The number of hydrogen-bond donors (Lipinski definition) is 1. The molecule has 0 saturated heterocycles. The van der Waals surface area contributed by atoms with Crippen molar-refractivity contribution >= 4 is 27.5 Å². The maximum atomic E-state index is 12.0. The van der Waals surface area contributed by atoms with Crippen LogP contribution in [0.4, 0.5) is 5.69 Å². The summed E-state index contributed by atoms with van der Waals surface area (Å²) in [6.07, 6.45) is 0.736. The van der Waals surface area contributed by atoms with E-state index in [1.807, 2.05) is 45.9 Å². The second-order valence-electron chi connectivity index (χ2n) is 6.27. The Bertz CT molecular complexity index is 674. The molecule has 6 heteroatoms. The van der Waals surface area contributed by atoms with E-state index in [-0.39, 0.29) is 11.3 Å². The molecule has 0 saturated carbocycles. The first-order chi connectivity index (χ1) is 10.3. The quantitative estimate of drug-likeness (QED) is 0.888. The second-order valence-corrected chi connectivity index (χ2v) is 7.18. The normalized spacial score (nSPS) is 11.5. The SMILES string of the molecule is Cc1ccc(Br)cc1NC(=O)CCc1nc(C(C)(C)C)no1. The van der Waals surface area contributed by atoms with Crippen LogP contribution in [0.15, 0.2) is 27.2 Å². The van der Waals surface area contributed by atoms with Crippen molar-refractivity contribution in [2.75, 3.05) is 5.32 Å². The predicted molar refractivity (Wildman–Crippen MR) is 88.8 cm³/mol. The lowest BCUT2D eigenvalue weighted by atomic mass is 9.96. The van der Waals surface area contributed by atoms with Gasteiger partial charge in [-0.05, 0) is 24.6 Å². The molecule has 1 aromatic heterocycles. The number of carbonyl (C=O) groups is 1. The molecule has 0 aliphatic heterocycles. The molecule has 0 bridgehead atoms. The van der Waals surface area contributed by atoms with Crippen molar-refractivity contribution < 1.29 is 9.32 Å². The summed E-state index contributed by atoms with van der Waals surface area (Å²) in [6, 6.07) is 5.78. The third kappa shape index (κ3) is 4.40. The minimum Gasteiger partial charge on any atom is -0.339 e. The Hall–Kier alpha value is -1.69. The first kappa shape index (κ1) is 16.7. The Kier molecular flexibility index (Phi) is 5.01. The fourth-order valence-corrected chi connectivity index (χ4v) is 2.18. The number of rotatable bonds is 4. The highest BCUT2D eigenvalue weighted by atomic mass is 79.9. The fraction of sp³-hybridized carbons (Fsp3) is 0.438. The van der Waals surface area contributed by atoms with Crippen molar-refractivity contribution in [2.24, 2.45) is 0 Å². The van der Waals surface area contributed by atoms with E-state index >= 15 is 0 Å². The van der Waals surface area contributed by atoms with Crippen LogP contribution in [0.5, 0.6) is 0 Å². The molecule has 0 atom stereocenters. The van der Waals surface area contributed by atoms with E-state index in [9.17, 15) is 4.79 Å². The molecular weight excluding hydrogens is 346 g/mol. The van der Waals surface area contributed by atoms with Gasteiger partial charge >= 0.3 is 0 Å². The molecule has 0 radical (unpaired) electrons. The summed E-state index contributed by atoms with van der Waals surface area (Å²) in [6.45, 7) is 8.01. The molecule has 118 valence electrons. The van der Waals surface area contributed by atoms with Crippen LogP contribution in [-0.4, -0.2) is 16.0 Å². The molecule has 2 rings (SSSR count). The van der Waals surface area contributed by atoms with Gasteiger partial charge in [-0.25, -0.2) is 0 Å². The summed E-state index contributed by atoms with van der Waals surface area (Å²) in [5.74, 6) is 1.08. The molecule has 1 amide bonds. The van der Waals surface area contributed by atoms with Crippen LogP contribution in [-0.2, 0) is 16.6 Å². The topological polar surface area (TPSA) is 68.0 Å². The van der Waals surface area contributed by atoms with Gasteiger partial charge in [0, 0.05) is 28.4 Å². The van der Waals surface area contributed by atoms with Crippen LogP contribution in [0, 0.1) is 6.92 Å². The Labute approximate surface area is 138 Å². The van der Waals surface area contributed by atoms with Crippen molar-refractivity contribution in [3.8, 4) is 0 Å². The Balaban J connectivity index is 1.93. The number of nitrogens with one attached hydrogen (secondary N) is 1. The Morgan fingerprint density at radius 2 is 2.09 bits per heavy atom. The first-order valence-electron chi connectivity index (χ1n) is 7.15. The summed E-state index contributed by atoms with van der Waals surface area (Å²) in [5, 5.41) is 6.85. The molecule has 1 N–H and O–H groups in total. The zero-order valence-electron chi connectivity index (χ0n) is 13.2. The largest absolute Gasteiger partial charge is 0.339 e. The van der Waals surface area contributed by atoms with Gasteiger partial charge in [0.05, 0.1) is 0 Å². The molecule has 2 aromatic rings. The van der Waals surface area contributed by atoms with Crippen LogP contribution in [0.25, 0.3) is 0 Å². The summed E-state index contributed by atoms with van der Waals surface area (Å²) in [5.41, 5.74) is 1.67. The lowest BCUT2D eigenvalue weighted by molar-refractivity contribution is -0.116. The van der Waals surface area contributed by atoms with Gasteiger partial charge in [0.25, 0.3) is 0 Å².